The van der Waals surface area contributed by atoms with Gasteiger partial charge in [0.25, 0.3) is 5.91 Å². The Bertz CT molecular complexity index is 506. The fourth-order valence-electron chi connectivity index (χ4n) is 2.28. The lowest BCUT2D eigenvalue weighted by Gasteiger charge is -2.14. The summed E-state index contributed by atoms with van der Waals surface area (Å²) in [6.45, 7) is 8.11. The lowest BCUT2D eigenvalue weighted by Crippen LogP contribution is -2.33. The lowest BCUT2D eigenvalue weighted by atomic mass is 9.97. The third-order valence-electron chi connectivity index (χ3n) is 3.35. The maximum atomic E-state index is 12.1. The number of carbonyl (C=O) groups excluding carboxylic acids is 1. The molecule has 2 N–H and O–H groups in total. The SMILES string of the molecule is CC(C)CC(CNC(=O)c1cc(C(C)C)n(C)n1)C(=O)O. The first-order valence-corrected chi connectivity index (χ1v) is 7.27. The molecule has 1 atom stereocenters. The van der Waals surface area contributed by atoms with Crippen LogP contribution in [-0.4, -0.2) is 33.3 Å². The molecule has 0 aliphatic carbocycles. The summed E-state index contributed by atoms with van der Waals surface area (Å²) in [5.41, 5.74) is 1.30. The standard InChI is InChI=1S/C15H25N3O3/c1-9(2)6-11(15(20)21)8-16-14(19)12-7-13(10(3)4)18(5)17-12/h7,9-11H,6,8H2,1-5H3,(H,16,19)(H,20,21). The van der Waals surface area contributed by atoms with Gasteiger partial charge in [0, 0.05) is 19.3 Å². The molecule has 0 radical (unpaired) electrons. The van der Waals surface area contributed by atoms with Crippen molar-refractivity contribution in [2.24, 2.45) is 18.9 Å². The van der Waals surface area contributed by atoms with Gasteiger partial charge in [0.05, 0.1) is 5.92 Å². The monoisotopic (exact) mass is 295 g/mol. The second kappa shape index (κ2) is 7.24. The van der Waals surface area contributed by atoms with E-state index in [0.717, 1.165) is 5.69 Å². The molecule has 0 aliphatic heterocycles. The van der Waals surface area contributed by atoms with Crippen LogP contribution in [0.1, 0.15) is 56.2 Å². The molecule has 6 nitrogen and oxygen atoms in total. The summed E-state index contributed by atoms with van der Waals surface area (Å²) in [6.07, 6.45) is 0.537. The van der Waals surface area contributed by atoms with Gasteiger partial charge in [-0.2, -0.15) is 5.10 Å². The molecule has 1 amide bonds. The smallest absolute Gasteiger partial charge is 0.308 e. The maximum absolute atomic E-state index is 12.1. The Hall–Kier alpha value is -1.85. The van der Waals surface area contributed by atoms with Crippen LogP contribution in [0, 0.1) is 11.8 Å². The van der Waals surface area contributed by atoms with Crippen molar-refractivity contribution < 1.29 is 14.7 Å². The summed E-state index contributed by atoms with van der Waals surface area (Å²) >= 11 is 0. The van der Waals surface area contributed by atoms with Crippen LogP contribution < -0.4 is 5.32 Å². The molecule has 1 rings (SSSR count). The van der Waals surface area contributed by atoms with Crippen molar-refractivity contribution in [2.45, 2.75) is 40.0 Å². The number of aliphatic carboxylic acids is 1. The molecular weight excluding hydrogens is 270 g/mol. The molecule has 1 unspecified atom stereocenters. The summed E-state index contributed by atoms with van der Waals surface area (Å²) in [5.74, 6) is -1.23. The summed E-state index contributed by atoms with van der Waals surface area (Å²) in [4.78, 5) is 23.2. The van der Waals surface area contributed by atoms with Crippen LogP contribution in [0.2, 0.25) is 0 Å². The Morgan fingerprint density at radius 1 is 1.33 bits per heavy atom. The molecule has 0 fully saturated rings. The first-order chi connectivity index (χ1) is 9.72. The minimum atomic E-state index is -0.882. The minimum absolute atomic E-state index is 0.125. The third-order valence-corrected chi connectivity index (χ3v) is 3.35. The fourth-order valence-corrected chi connectivity index (χ4v) is 2.28. The Morgan fingerprint density at radius 2 is 1.95 bits per heavy atom. The van der Waals surface area contributed by atoms with Crippen LogP contribution in [0.5, 0.6) is 0 Å². The van der Waals surface area contributed by atoms with Gasteiger partial charge in [-0.15, -0.1) is 0 Å². The molecule has 0 spiro atoms. The van der Waals surface area contributed by atoms with Gasteiger partial charge < -0.3 is 10.4 Å². The van der Waals surface area contributed by atoms with Crippen molar-refractivity contribution in [1.82, 2.24) is 15.1 Å². The fraction of sp³-hybridized carbons (Fsp3) is 0.667. The van der Waals surface area contributed by atoms with E-state index < -0.39 is 11.9 Å². The summed E-state index contributed by atoms with van der Waals surface area (Å²) < 4.78 is 1.68. The van der Waals surface area contributed by atoms with E-state index in [0.29, 0.717) is 12.1 Å². The molecule has 1 heterocycles. The molecule has 0 aliphatic rings. The molecule has 0 saturated carbocycles. The minimum Gasteiger partial charge on any atom is -0.481 e. The number of rotatable bonds is 7. The normalized spacial score (nSPS) is 12.7. The van der Waals surface area contributed by atoms with Crippen molar-refractivity contribution in [3.05, 3.63) is 17.5 Å². The molecule has 118 valence electrons. The molecular formula is C15H25N3O3. The molecule has 1 aromatic heterocycles. The second-order valence-electron chi connectivity index (χ2n) is 6.11. The zero-order valence-electron chi connectivity index (χ0n) is 13.4. The van der Waals surface area contributed by atoms with Crippen LogP contribution in [0.3, 0.4) is 0 Å². The van der Waals surface area contributed by atoms with Gasteiger partial charge in [-0.05, 0) is 24.3 Å². The number of nitrogens with zero attached hydrogens (tertiary/aromatic N) is 2. The number of nitrogens with one attached hydrogen (secondary N) is 1. The van der Waals surface area contributed by atoms with Gasteiger partial charge in [0.15, 0.2) is 0 Å². The Labute approximate surface area is 125 Å². The molecule has 0 aromatic carbocycles. The highest BCUT2D eigenvalue weighted by Crippen LogP contribution is 2.15. The van der Waals surface area contributed by atoms with Gasteiger partial charge in [-0.3, -0.25) is 14.3 Å². The van der Waals surface area contributed by atoms with E-state index in [1.165, 1.54) is 0 Å². The van der Waals surface area contributed by atoms with E-state index in [9.17, 15) is 9.59 Å². The van der Waals surface area contributed by atoms with Crippen LogP contribution in [-0.2, 0) is 11.8 Å². The topological polar surface area (TPSA) is 84.2 Å². The van der Waals surface area contributed by atoms with E-state index in [-0.39, 0.29) is 24.3 Å². The molecule has 1 aromatic rings. The molecule has 21 heavy (non-hydrogen) atoms. The van der Waals surface area contributed by atoms with Gasteiger partial charge in [0.2, 0.25) is 0 Å². The van der Waals surface area contributed by atoms with E-state index in [2.05, 4.69) is 10.4 Å². The Kier molecular flexibility index (Phi) is 5.93. The van der Waals surface area contributed by atoms with Gasteiger partial charge in [-0.1, -0.05) is 27.7 Å². The predicted molar refractivity (Wildman–Crippen MR) is 80.2 cm³/mol. The highest BCUT2D eigenvalue weighted by Gasteiger charge is 2.21. The predicted octanol–water partition coefficient (Wildman–Crippen LogP) is 2.02. The average Bonchev–Trinajstić information content (AvgIpc) is 2.75. The van der Waals surface area contributed by atoms with Crippen molar-refractivity contribution in [2.75, 3.05) is 6.54 Å². The number of carboxylic acids is 1. The van der Waals surface area contributed by atoms with E-state index in [1.54, 1.807) is 17.8 Å². The third kappa shape index (κ3) is 4.88. The number of aromatic nitrogens is 2. The highest BCUT2D eigenvalue weighted by atomic mass is 16.4. The molecule has 6 heteroatoms. The molecule has 0 saturated heterocycles. The number of aryl methyl sites for hydroxylation is 1. The van der Waals surface area contributed by atoms with Gasteiger partial charge >= 0.3 is 5.97 Å². The van der Waals surface area contributed by atoms with Gasteiger partial charge in [0.1, 0.15) is 5.69 Å². The number of carbonyl (C=O) groups is 2. The summed E-state index contributed by atoms with van der Waals surface area (Å²) in [6, 6.07) is 1.75. The first-order valence-electron chi connectivity index (χ1n) is 7.27. The quantitative estimate of drug-likeness (QED) is 0.806. The van der Waals surface area contributed by atoms with Gasteiger partial charge in [-0.25, -0.2) is 0 Å². The summed E-state index contributed by atoms with van der Waals surface area (Å²) in [5, 5.41) is 16.0. The van der Waals surface area contributed by atoms with E-state index in [1.807, 2.05) is 27.7 Å². The Morgan fingerprint density at radius 3 is 2.38 bits per heavy atom. The van der Waals surface area contributed by atoms with Crippen LogP contribution in [0.15, 0.2) is 6.07 Å². The van der Waals surface area contributed by atoms with Crippen molar-refractivity contribution in [3.63, 3.8) is 0 Å². The number of hydrogen-bond acceptors (Lipinski definition) is 3. The Balaban J connectivity index is 2.68. The van der Waals surface area contributed by atoms with Crippen molar-refractivity contribution >= 4 is 11.9 Å². The zero-order valence-corrected chi connectivity index (χ0v) is 13.4. The van der Waals surface area contributed by atoms with Crippen molar-refractivity contribution in [3.8, 4) is 0 Å². The number of hydrogen-bond donors (Lipinski definition) is 2. The second-order valence-corrected chi connectivity index (χ2v) is 6.11. The zero-order chi connectivity index (χ0) is 16.2. The van der Waals surface area contributed by atoms with E-state index >= 15 is 0 Å². The van der Waals surface area contributed by atoms with Crippen LogP contribution in [0.25, 0.3) is 0 Å². The first kappa shape index (κ1) is 17.2. The van der Waals surface area contributed by atoms with E-state index in [4.69, 9.17) is 5.11 Å². The largest absolute Gasteiger partial charge is 0.481 e. The maximum Gasteiger partial charge on any atom is 0.308 e. The average molecular weight is 295 g/mol. The number of amides is 1. The molecule has 0 bridgehead atoms. The number of carboxylic acid groups (broad SMARTS) is 1. The van der Waals surface area contributed by atoms with Crippen LogP contribution >= 0.6 is 0 Å². The van der Waals surface area contributed by atoms with Crippen molar-refractivity contribution in [1.29, 1.82) is 0 Å². The highest BCUT2D eigenvalue weighted by molar-refractivity contribution is 5.92. The lowest BCUT2D eigenvalue weighted by molar-refractivity contribution is -0.142. The van der Waals surface area contributed by atoms with Crippen LogP contribution in [0.4, 0.5) is 0 Å². The summed E-state index contributed by atoms with van der Waals surface area (Å²) in [7, 11) is 1.80.